The molecule has 0 saturated carbocycles. The summed E-state index contributed by atoms with van der Waals surface area (Å²) in [4.78, 5) is 8.27. The average Bonchev–Trinajstić information content (AvgIpc) is 2.38. The normalized spacial score (nSPS) is 12.2. The van der Waals surface area contributed by atoms with Gasteiger partial charge >= 0.3 is 0 Å². The molecular weight excluding hydrogens is 234 g/mol. The van der Waals surface area contributed by atoms with Gasteiger partial charge in [-0.2, -0.15) is 0 Å². The lowest BCUT2D eigenvalue weighted by Crippen LogP contribution is -2.27. The van der Waals surface area contributed by atoms with E-state index in [2.05, 4.69) is 15.3 Å². The molecule has 1 N–H and O–H groups in total. The molecule has 0 aliphatic rings. The molecule has 18 heavy (non-hydrogen) atoms. The first-order valence-corrected chi connectivity index (χ1v) is 5.92. The van der Waals surface area contributed by atoms with Gasteiger partial charge in [-0.3, -0.25) is 0 Å². The first kappa shape index (κ1) is 14.7. The largest absolute Gasteiger partial charge is 0.478 e. The quantitative estimate of drug-likeness (QED) is 0.754. The van der Waals surface area contributed by atoms with E-state index < -0.39 is 0 Å². The predicted molar refractivity (Wildman–Crippen MR) is 69.1 cm³/mol. The Hall–Kier alpha value is -1.40. The van der Waals surface area contributed by atoms with Crippen molar-refractivity contribution < 1.29 is 14.2 Å². The zero-order valence-corrected chi connectivity index (χ0v) is 11.4. The van der Waals surface area contributed by atoms with Gasteiger partial charge in [-0.15, -0.1) is 0 Å². The van der Waals surface area contributed by atoms with Crippen LogP contribution in [0.5, 0.6) is 5.88 Å². The van der Waals surface area contributed by atoms with E-state index in [-0.39, 0.29) is 6.10 Å². The van der Waals surface area contributed by atoms with Gasteiger partial charge in [0.2, 0.25) is 5.88 Å². The number of ether oxygens (including phenoxy) is 3. The number of rotatable bonds is 8. The van der Waals surface area contributed by atoms with E-state index in [1.54, 1.807) is 14.2 Å². The Morgan fingerprint density at radius 2 is 2.11 bits per heavy atom. The molecule has 1 aromatic rings. The summed E-state index contributed by atoms with van der Waals surface area (Å²) in [6.07, 6.45) is 1.47. The Labute approximate surface area is 108 Å². The summed E-state index contributed by atoms with van der Waals surface area (Å²) in [5, 5.41) is 3.21. The van der Waals surface area contributed by atoms with Gasteiger partial charge in [0.05, 0.1) is 24.9 Å². The van der Waals surface area contributed by atoms with Crippen LogP contribution in [0.2, 0.25) is 0 Å². The van der Waals surface area contributed by atoms with Crippen LogP contribution in [0.25, 0.3) is 0 Å². The van der Waals surface area contributed by atoms with Crippen LogP contribution in [-0.4, -0.2) is 50.1 Å². The number of anilines is 1. The lowest BCUT2D eigenvalue weighted by Gasteiger charge is -2.16. The van der Waals surface area contributed by atoms with Gasteiger partial charge < -0.3 is 19.5 Å². The van der Waals surface area contributed by atoms with E-state index in [0.29, 0.717) is 25.6 Å². The third kappa shape index (κ3) is 4.12. The molecule has 0 aromatic carbocycles. The molecule has 1 rings (SSSR count). The number of nitrogens with zero attached hydrogens (tertiary/aromatic N) is 2. The number of aromatic nitrogens is 2. The molecule has 1 unspecified atom stereocenters. The summed E-state index contributed by atoms with van der Waals surface area (Å²) >= 11 is 0. The molecule has 1 heterocycles. The van der Waals surface area contributed by atoms with E-state index >= 15 is 0 Å². The summed E-state index contributed by atoms with van der Waals surface area (Å²) in [6, 6.07) is 0. The molecule has 6 heteroatoms. The molecule has 0 spiro atoms. The minimum Gasteiger partial charge on any atom is -0.478 e. The Kier molecular flexibility index (Phi) is 6.38. The first-order chi connectivity index (χ1) is 8.72. The fraction of sp³-hybridized carbons (Fsp3) is 0.667. The fourth-order valence-electron chi connectivity index (χ4n) is 1.50. The Morgan fingerprint density at radius 3 is 2.72 bits per heavy atom. The van der Waals surface area contributed by atoms with E-state index in [9.17, 15) is 0 Å². The maximum Gasteiger partial charge on any atom is 0.221 e. The van der Waals surface area contributed by atoms with Gasteiger partial charge in [-0.1, -0.05) is 0 Å². The number of nitrogens with one attached hydrogen (secondary N) is 1. The van der Waals surface area contributed by atoms with Crippen molar-refractivity contribution in [1.82, 2.24) is 9.97 Å². The van der Waals surface area contributed by atoms with Crippen molar-refractivity contribution >= 4 is 5.82 Å². The fourth-order valence-corrected chi connectivity index (χ4v) is 1.50. The maximum atomic E-state index is 5.41. The van der Waals surface area contributed by atoms with Crippen LogP contribution in [0.15, 0.2) is 6.33 Å². The highest BCUT2D eigenvalue weighted by atomic mass is 16.5. The van der Waals surface area contributed by atoms with Crippen LogP contribution >= 0.6 is 0 Å². The summed E-state index contributed by atoms with van der Waals surface area (Å²) in [5.74, 6) is 1.36. The third-order valence-corrected chi connectivity index (χ3v) is 2.50. The molecule has 102 valence electrons. The van der Waals surface area contributed by atoms with Gasteiger partial charge in [0.15, 0.2) is 0 Å². The highest BCUT2D eigenvalue weighted by Crippen LogP contribution is 2.20. The van der Waals surface area contributed by atoms with Crippen molar-refractivity contribution in [1.29, 1.82) is 0 Å². The second-order valence-electron chi connectivity index (χ2n) is 3.78. The molecule has 0 aliphatic carbocycles. The average molecular weight is 255 g/mol. The standard InChI is InChI=1S/C12H21N3O3/c1-5-18-12-9(2)11(14-8-15-12)13-6-10(17-4)7-16-3/h8,10H,5-7H2,1-4H3,(H,13,14,15). The summed E-state index contributed by atoms with van der Waals surface area (Å²) < 4.78 is 15.7. The molecule has 0 bridgehead atoms. The molecule has 6 nitrogen and oxygen atoms in total. The molecule has 1 aromatic heterocycles. The van der Waals surface area contributed by atoms with Crippen LogP contribution in [-0.2, 0) is 9.47 Å². The van der Waals surface area contributed by atoms with Crippen molar-refractivity contribution in [2.24, 2.45) is 0 Å². The summed E-state index contributed by atoms with van der Waals surface area (Å²) in [5.41, 5.74) is 0.895. The smallest absolute Gasteiger partial charge is 0.221 e. The lowest BCUT2D eigenvalue weighted by molar-refractivity contribution is 0.0365. The van der Waals surface area contributed by atoms with Crippen LogP contribution in [0.4, 0.5) is 5.82 Å². The lowest BCUT2D eigenvalue weighted by atomic mass is 10.3. The van der Waals surface area contributed by atoms with Gasteiger partial charge in [-0.25, -0.2) is 9.97 Å². The van der Waals surface area contributed by atoms with Crippen molar-refractivity contribution in [2.45, 2.75) is 20.0 Å². The van der Waals surface area contributed by atoms with Gasteiger partial charge in [0, 0.05) is 20.8 Å². The minimum atomic E-state index is -0.0140. The second-order valence-corrected chi connectivity index (χ2v) is 3.78. The monoisotopic (exact) mass is 255 g/mol. The molecule has 0 saturated heterocycles. The summed E-state index contributed by atoms with van der Waals surface area (Å²) in [6.45, 7) is 5.58. The minimum absolute atomic E-state index is 0.0140. The highest BCUT2D eigenvalue weighted by molar-refractivity contribution is 5.47. The Morgan fingerprint density at radius 1 is 1.33 bits per heavy atom. The molecule has 0 fully saturated rings. The Balaban J connectivity index is 2.63. The number of methoxy groups -OCH3 is 2. The van der Waals surface area contributed by atoms with E-state index in [0.717, 1.165) is 11.4 Å². The van der Waals surface area contributed by atoms with E-state index in [1.807, 2.05) is 13.8 Å². The topological polar surface area (TPSA) is 65.5 Å². The van der Waals surface area contributed by atoms with Crippen LogP contribution in [0, 0.1) is 6.92 Å². The third-order valence-electron chi connectivity index (χ3n) is 2.50. The Bertz CT molecular complexity index is 360. The molecular formula is C12H21N3O3. The second kappa shape index (κ2) is 7.84. The zero-order chi connectivity index (χ0) is 13.4. The SMILES string of the molecule is CCOc1ncnc(NCC(COC)OC)c1C. The van der Waals surface area contributed by atoms with Crippen molar-refractivity contribution in [3.05, 3.63) is 11.9 Å². The van der Waals surface area contributed by atoms with Crippen molar-refractivity contribution in [3.63, 3.8) is 0 Å². The van der Waals surface area contributed by atoms with Crippen LogP contribution in [0.1, 0.15) is 12.5 Å². The molecule has 1 atom stereocenters. The zero-order valence-electron chi connectivity index (χ0n) is 11.4. The van der Waals surface area contributed by atoms with Crippen LogP contribution < -0.4 is 10.1 Å². The first-order valence-electron chi connectivity index (χ1n) is 5.92. The van der Waals surface area contributed by atoms with Crippen molar-refractivity contribution in [2.75, 3.05) is 39.3 Å². The van der Waals surface area contributed by atoms with Gasteiger partial charge in [-0.05, 0) is 13.8 Å². The molecule has 0 aliphatic heterocycles. The van der Waals surface area contributed by atoms with Gasteiger partial charge in [0.25, 0.3) is 0 Å². The number of hydrogen-bond donors (Lipinski definition) is 1. The number of hydrogen-bond acceptors (Lipinski definition) is 6. The van der Waals surface area contributed by atoms with Gasteiger partial charge in [0.1, 0.15) is 12.1 Å². The summed E-state index contributed by atoms with van der Waals surface area (Å²) in [7, 11) is 3.30. The molecule has 0 amide bonds. The maximum absolute atomic E-state index is 5.41. The predicted octanol–water partition coefficient (Wildman–Crippen LogP) is 1.26. The van der Waals surface area contributed by atoms with E-state index in [4.69, 9.17) is 14.2 Å². The van der Waals surface area contributed by atoms with Crippen LogP contribution in [0.3, 0.4) is 0 Å². The highest BCUT2D eigenvalue weighted by Gasteiger charge is 2.11. The van der Waals surface area contributed by atoms with E-state index in [1.165, 1.54) is 6.33 Å². The van der Waals surface area contributed by atoms with Crippen molar-refractivity contribution in [3.8, 4) is 5.88 Å². The molecule has 0 radical (unpaired) electrons.